The molecule has 48 valence electrons. The van der Waals surface area contributed by atoms with Gasteiger partial charge in [0.2, 0.25) is 0 Å². The molecule has 2 heteroatoms. The Labute approximate surface area is 57.1 Å². The van der Waals surface area contributed by atoms with Crippen LogP contribution >= 0.6 is 0 Å². The third-order valence-corrected chi connectivity index (χ3v) is 1.51. The van der Waals surface area contributed by atoms with Crippen molar-refractivity contribution in [3.05, 3.63) is 11.5 Å². The molecule has 0 aromatic heterocycles. The van der Waals surface area contributed by atoms with E-state index < -0.39 is 0 Å². The predicted molar refractivity (Wildman–Crippen MR) is 43.2 cm³/mol. The first-order chi connectivity index (χ1) is 4.11. The highest BCUT2D eigenvalue weighted by Crippen LogP contribution is 2.24. The first-order valence-electron chi connectivity index (χ1n) is 3.31. The molecule has 0 aromatic carbocycles. The third-order valence-electron chi connectivity index (χ3n) is 1.51. The average Bonchev–Trinajstić information content (AvgIpc) is 2.08. The van der Waals surface area contributed by atoms with Crippen molar-refractivity contribution in [1.29, 1.82) is 0 Å². The van der Waals surface area contributed by atoms with Crippen molar-refractivity contribution in [3.63, 3.8) is 0 Å². The Kier molecular flexibility index (Phi) is 1.48. The second-order valence-corrected chi connectivity index (χ2v) is 3.40. The predicted octanol–water partition coefficient (Wildman–Crippen LogP) is 1.35. The molecular formula is C7H12BN. The number of hydrogen-bond acceptors (Lipinski definition) is 1. The summed E-state index contributed by atoms with van der Waals surface area (Å²) < 4.78 is 0. The first kappa shape index (κ1) is 6.59. The van der Waals surface area contributed by atoms with Crippen LogP contribution in [-0.2, 0) is 0 Å². The summed E-state index contributed by atoms with van der Waals surface area (Å²) >= 11 is 0. The molecule has 9 heavy (non-hydrogen) atoms. The lowest BCUT2D eigenvalue weighted by molar-refractivity contribution is 0.528. The quantitative estimate of drug-likeness (QED) is 0.429. The summed E-state index contributed by atoms with van der Waals surface area (Å²) in [5, 5.41) is 0. The molecule has 1 aliphatic rings. The molecule has 0 amide bonds. The zero-order valence-electron chi connectivity index (χ0n) is 6.31. The number of hydrogen-bond donors (Lipinski definition) is 0. The van der Waals surface area contributed by atoms with Gasteiger partial charge in [0.05, 0.1) is 0 Å². The maximum Gasteiger partial charge on any atom is 0.287 e. The van der Waals surface area contributed by atoms with Gasteiger partial charge in [-0.3, -0.25) is 0 Å². The molecule has 1 heterocycles. The summed E-state index contributed by atoms with van der Waals surface area (Å²) in [6, 6.07) is 0. The molecule has 0 N–H and O–H groups in total. The molecule has 1 rings (SSSR count). The molecule has 0 fully saturated rings. The lowest BCUT2D eigenvalue weighted by Crippen LogP contribution is -2.08. The summed E-state index contributed by atoms with van der Waals surface area (Å²) in [4.78, 5) is 4.11. The summed E-state index contributed by atoms with van der Waals surface area (Å²) in [5.41, 5.74) is 1.66. The van der Waals surface area contributed by atoms with Gasteiger partial charge < -0.3 is 4.90 Å². The van der Waals surface area contributed by atoms with Crippen LogP contribution in [0, 0.1) is 5.41 Å². The molecule has 0 aromatic rings. The van der Waals surface area contributed by atoms with Crippen molar-refractivity contribution in [2.45, 2.75) is 20.8 Å². The van der Waals surface area contributed by atoms with Crippen LogP contribution in [0.1, 0.15) is 20.8 Å². The highest BCUT2D eigenvalue weighted by atomic mass is 14.6. The van der Waals surface area contributed by atoms with Gasteiger partial charge in [0.15, 0.2) is 0 Å². The minimum absolute atomic E-state index is 0.292. The standard InChI is InChI=1S/C7H12BN/c1-7(2,3)6-4-8-9-5-6/h4-5,8H,1-3H3. The fourth-order valence-corrected chi connectivity index (χ4v) is 0.855. The van der Waals surface area contributed by atoms with E-state index in [0.717, 1.165) is 7.41 Å². The Morgan fingerprint density at radius 2 is 2.11 bits per heavy atom. The van der Waals surface area contributed by atoms with E-state index in [1.807, 2.05) is 6.21 Å². The lowest BCUT2D eigenvalue weighted by Gasteiger charge is -2.17. The van der Waals surface area contributed by atoms with Gasteiger partial charge in [-0.05, 0) is 11.0 Å². The van der Waals surface area contributed by atoms with Crippen molar-refractivity contribution in [1.82, 2.24) is 0 Å². The number of allylic oxidation sites excluding steroid dienone is 1. The summed E-state index contributed by atoms with van der Waals surface area (Å²) in [6.07, 6.45) is 1.97. The van der Waals surface area contributed by atoms with Gasteiger partial charge in [0, 0.05) is 6.21 Å². The minimum atomic E-state index is 0.292. The van der Waals surface area contributed by atoms with Crippen molar-refractivity contribution in [2.24, 2.45) is 10.3 Å². The Hall–Kier alpha value is -0.525. The average molecular weight is 121 g/mol. The normalized spacial score (nSPS) is 17.4. The first-order valence-corrected chi connectivity index (χ1v) is 3.31. The van der Waals surface area contributed by atoms with Crippen LogP contribution in [0.3, 0.4) is 0 Å². The van der Waals surface area contributed by atoms with Crippen LogP contribution in [0.2, 0.25) is 0 Å². The zero-order valence-corrected chi connectivity index (χ0v) is 6.31. The maximum absolute atomic E-state index is 4.11. The molecule has 0 bridgehead atoms. The van der Waals surface area contributed by atoms with Crippen molar-refractivity contribution in [2.75, 3.05) is 0 Å². The number of nitrogens with zero attached hydrogens (tertiary/aromatic N) is 1. The van der Waals surface area contributed by atoms with Gasteiger partial charge in [0.25, 0.3) is 7.41 Å². The maximum atomic E-state index is 4.11. The Bertz CT molecular complexity index is 162. The molecule has 0 saturated carbocycles. The molecule has 0 spiro atoms. The SMILES string of the molecule is CC(C)(C)C1=CBN=C1. The Morgan fingerprint density at radius 3 is 2.33 bits per heavy atom. The van der Waals surface area contributed by atoms with Gasteiger partial charge in [-0.25, -0.2) is 0 Å². The van der Waals surface area contributed by atoms with E-state index >= 15 is 0 Å². The molecule has 1 nitrogen and oxygen atoms in total. The van der Waals surface area contributed by atoms with Crippen molar-refractivity contribution >= 4 is 13.6 Å². The van der Waals surface area contributed by atoms with Gasteiger partial charge in [-0.2, -0.15) is 0 Å². The van der Waals surface area contributed by atoms with Gasteiger partial charge >= 0.3 is 0 Å². The smallest absolute Gasteiger partial charge is 0.287 e. The van der Waals surface area contributed by atoms with Crippen molar-refractivity contribution < 1.29 is 0 Å². The van der Waals surface area contributed by atoms with E-state index in [0.29, 0.717) is 5.41 Å². The largest absolute Gasteiger partial charge is 0.348 e. The fraction of sp³-hybridized carbons (Fsp3) is 0.571. The van der Waals surface area contributed by atoms with Crippen molar-refractivity contribution in [3.8, 4) is 0 Å². The van der Waals surface area contributed by atoms with Crippen LogP contribution in [0.25, 0.3) is 0 Å². The molecule has 0 aliphatic carbocycles. The molecule has 0 saturated heterocycles. The Balaban J connectivity index is 2.73. The molecule has 1 aliphatic heterocycles. The highest BCUT2D eigenvalue weighted by molar-refractivity contribution is 6.45. The van der Waals surface area contributed by atoms with Crippen LogP contribution in [0.5, 0.6) is 0 Å². The summed E-state index contributed by atoms with van der Waals surface area (Å²) in [5.74, 6) is 2.18. The third kappa shape index (κ3) is 1.44. The monoisotopic (exact) mass is 121 g/mol. The minimum Gasteiger partial charge on any atom is -0.348 e. The van der Waals surface area contributed by atoms with E-state index in [1.165, 1.54) is 5.57 Å². The fourth-order valence-electron chi connectivity index (χ4n) is 0.855. The molecular weight excluding hydrogens is 109 g/mol. The summed E-state index contributed by atoms with van der Waals surface area (Å²) in [7, 11) is 0.882. The number of rotatable bonds is 0. The van der Waals surface area contributed by atoms with Crippen LogP contribution in [0.4, 0.5) is 0 Å². The second-order valence-electron chi connectivity index (χ2n) is 3.40. The molecule has 0 unspecified atom stereocenters. The van der Waals surface area contributed by atoms with E-state index in [2.05, 4.69) is 31.7 Å². The molecule has 0 radical (unpaired) electrons. The summed E-state index contributed by atoms with van der Waals surface area (Å²) in [6.45, 7) is 6.61. The zero-order chi connectivity index (χ0) is 6.91. The topological polar surface area (TPSA) is 12.4 Å². The van der Waals surface area contributed by atoms with E-state index in [-0.39, 0.29) is 0 Å². The highest BCUT2D eigenvalue weighted by Gasteiger charge is 2.16. The van der Waals surface area contributed by atoms with Crippen LogP contribution < -0.4 is 0 Å². The van der Waals surface area contributed by atoms with Gasteiger partial charge in [-0.15, -0.1) is 0 Å². The van der Waals surface area contributed by atoms with Gasteiger partial charge in [-0.1, -0.05) is 26.7 Å². The molecule has 0 atom stereocenters. The van der Waals surface area contributed by atoms with E-state index in [9.17, 15) is 0 Å². The van der Waals surface area contributed by atoms with Crippen LogP contribution in [0.15, 0.2) is 16.5 Å². The van der Waals surface area contributed by atoms with E-state index in [1.54, 1.807) is 0 Å². The second kappa shape index (κ2) is 2.01. The van der Waals surface area contributed by atoms with Crippen LogP contribution in [-0.4, -0.2) is 13.6 Å². The van der Waals surface area contributed by atoms with E-state index in [4.69, 9.17) is 0 Å². The Morgan fingerprint density at radius 1 is 1.44 bits per heavy atom. The van der Waals surface area contributed by atoms with Gasteiger partial charge in [0.1, 0.15) is 0 Å². The lowest BCUT2D eigenvalue weighted by atomic mass is 9.83.